The molecule has 192 valence electrons. The van der Waals surface area contributed by atoms with Crippen LogP contribution < -0.4 is 15.4 Å². The van der Waals surface area contributed by atoms with Crippen LogP contribution in [0, 0.1) is 0 Å². The number of piperazine rings is 1. The van der Waals surface area contributed by atoms with Gasteiger partial charge >= 0.3 is 0 Å². The number of benzene rings is 1. The highest BCUT2D eigenvalue weighted by molar-refractivity contribution is 5.90. The van der Waals surface area contributed by atoms with Crippen molar-refractivity contribution in [2.45, 2.75) is 6.50 Å². The van der Waals surface area contributed by atoms with Gasteiger partial charge in [-0.15, -0.1) is 5.10 Å². The number of methoxy groups -OCH3 is 1. The summed E-state index contributed by atoms with van der Waals surface area (Å²) in [7, 11) is -2.84. The summed E-state index contributed by atoms with van der Waals surface area (Å²) in [6, 6.07) is 8.50. The van der Waals surface area contributed by atoms with Gasteiger partial charge in [0.1, 0.15) is 12.3 Å². The molecular formula is C25H29N9O3. The van der Waals surface area contributed by atoms with E-state index in [1.807, 2.05) is 0 Å². The zero-order valence-electron chi connectivity index (χ0n) is 33.0. The molecule has 5 aromatic rings. The summed E-state index contributed by atoms with van der Waals surface area (Å²) < 4.78 is 133. The van der Waals surface area contributed by atoms with Crippen LogP contribution >= 0.6 is 0 Å². The van der Waals surface area contributed by atoms with Gasteiger partial charge < -0.3 is 24.5 Å². The molecule has 1 aliphatic rings. The van der Waals surface area contributed by atoms with Crippen LogP contribution in [0.25, 0.3) is 28.3 Å². The fraction of sp³-hybridized carbons (Fsp3) is 0.360. The molecule has 0 saturated carbocycles. The Hall–Kier alpha value is -4.16. The Kier molecular flexibility index (Phi) is 3.37. The minimum atomic E-state index is -3.49. The number of aryl methyl sites for hydroxylation is 1. The van der Waals surface area contributed by atoms with Crippen LogP contribution in [0.1, 0.15) is 19.2 Å². The van der Waals surface area contributed by atoms with Crippen LogP contribution in [0.2, 0.25) is 0 Å². The average Bonchev–Trinajstić information content (AvgIpc) is 3.74. The topological polar surface area (TPSA) is 125 Å². The third-order valence-electron chi connectivity index (χ3n) is 5.33. The number of hydrogen-bond acceptors (Lipinski definition) is 10. The van der Waals surface area contributed by atoms with Gasteiger partial charge in [-0.2, -0.15) is 14.6 Å². The summed E-state index contributed by atoms with van der Waals surface area (Å²) in [4.78, 5) is 9.85. The molecule has 6 rings (SSSR count). The molecule has 37 heavy (non-hydrogen) atoms. The van der Waals surface area contributed by atoms with Gasteiger partial charge in [-0.25, -0.2) is 9.67 Å². The smallest absolute Gasteiger partial charge is 0.225 e. The Labute approximate surface area is 232 Å². The van der Waals surface area contributed by atoms with Gasteiger partial charge in [-0.05, 0) is 36.4 Å². The number of fused-ring (bicyclic) bond motifs is 3. The fourth-order valence-corrected chi connectivity index (χ4v) is 3.58. The maximum atomic E-state index is 8.92. The first kappa shape index (κ1) is 12.4. The van der Waals surface area contributed by atoms with E-state index in [-0.39, 0.29) is 44.9 Å². The van der Waals surface area contributed by atoms with Crippen molar-refractivity contribution in [1.29, 1.82) is 0 Å². The number of nitrogens with zero attached hydrogens (tertiary/aromatic N) is 8. The van der Waals surface area contributed by atoms with Crippen LogP contribution in [0.5, 0.6) is 5.75 Å². The second-order valence-electron chi connectivity index (χ2n) is 7.60. The van der Waals surface area contributed by atoms with Crippen molar-refractivity contribution in [1.82, 2.24) is 34.3 Å². The lowest BCUT2D eigenvalue weighted by atomic mass is 10.2. The molecule has 1 fully saturated rings. The van der Waals surface area contributed by atoms with E-state index in [1.165, 1.54) is 35.4 Å². The Morgan fingerprint density at radius 2 is 2.03 bits per heavy atom. The quantitative estimate of drug-likeness (QED) is 0.311. The minimum Gasteiger partial charge on any atom is -0.491 e. The summed E-state index contributed by atoms with van der Waals surface area (Å²) in [5, 5.41) is 7.96. The van der Waals surface area contributed by atoms with E-state index < -0.39 is 71.1 Å². The number of ether oxygens (including phenoxy) is 2. The lowest BCUT2D eigenvalue weighted by Gasteiger charge is -2.36. The summed E-state index contributed by atoms with van der Waals surface area (Å²) in [5.41, 5.74) is 5.85. The van der Waals surface area contributed by atoms with Crippen molar-refractivity contribution in [3.05, 3.63) is 48.8 Å². The molecule has 4 aromatic heterocycles. The number of nitrogen functional groups attached to an aromatic ring is 1. The van der Waals surface area contributed by atoms with Gasteiger partial charge in [-0.1, -0.05) is 0 Å². The largest absolute Gasteiger partial charge is 0.491 e. The number of furan rings is 1. The molecule has 0 unspecified atom stereocenters. The number of hydrogen-bond donors (Lipinski definition) is 1. The molecule has 0 bridgehead atoms. The molecule has 5 heterocycles. The van der Waals surface area contributed by atoms with E-state index in [0.717, 1.165) is 4.52 Å². The van der Waals surface area contributed by atoms with Gasteiger partial charge in [0.15, 0.2) is 17.1 Å². The van der Waals surface area contributed by atoms with E-state index >= 15 is 0 Å². The van der Waals surface area contributed by atoms with Crippen LogP contribution in [-0.4, -0.2) is 87.0 Å². The van der Waals surface area contributed by atoms with Crippen molar-refractivity contribution in [2.24, 2.45) is 0 Å². The molecule has 0 aliphatic carbocycles. The van der Waals surface area contributed by atoms with E-state index in [2.05, 4.69) is 24.9 Å². The van der Waals surface area contributed by atoms with Crippen LogP contribution in [0.15, 0.2) is 53.3 Å². The number of nitrogens with two attached hydrogens (primary N) is 1. The normalized spacial score (nSPS) is 24.5. The first-order chi connectivity index (χ1) is 23.4. The van der Waals surface area contributed by atoms with Crippen molar-refractivity contribution in [3.8, 4) is 17.3 Å². The molecule has 0 radical (unpaired) electrons. The van der Waals surface area contributed by atoms with Crippen LogP contribution in [0.3, 0.4) is 0 Å². The first-order valence-electron chi connectivity index (χ1n) is 17.9. The predicted octanol–water partition coefficient (Wildman–Crippen LogP) is 2.16. The summed E-state index contributed by atoms with van der Waals surface area (Å²) in [5.74, 6) is -0.0431. The molecule has 0 spiro atoms. The van der Waals surface area contributed by atoms with Gasteiger partial charge in [-0.3, -0.25) is 4.90 Å². The second-order valence-corrected chi connectivity index (χ2v) is 7.60. The molecule has 12 heteroatoms. The van der Waals surface area contributed by atoms with Gasteiger partial charge in [0.05, 0.1) is 41.9 Å². The van der Waals surface area contributed by atoms with Crippen molar-refractivity contribution in [2.75, 3.05) is 63.4 Å². The zero-order chi connectivity index (χ0) is 37.5. The van der Waals surface area contributed by atoms with Crippen molar-refractivity contribution >= 4 is 28.3 Å². The molecule has 1 aromatic carbocycles. The summed E-state index contributed by atoms with van der Waals surface area (Å²) >= 11 is 0. The summed E-state index contributed by atoms with van der Waals surface area (Å²) in [6.45, 7) is -17.4. The Bertz CT molecular complexity index is 2050. The standard InChI is InChI=1S/C25H29N9O3/c1-35-15-16-36-19-6-4-18(5-7-19)32-11-8-31(9-12-32)10-13-33-23-20(17-27-33)24-28-22(21-3-2-14-37-21)30-34(24)25(26)29-23/h2-7,14,17H,8-13,15-16H2,1H3,(H2,26,29)/i1D3,8D2,9D2,10D2,13D2,16D2,17D. The minimum absolute atomic E-state index is 0.0397. The molecule has 2 N–H and O–H groups in total. The number of rotatable bonds is 9. The molecule has 1 saturated heterocycles. The highest BCUT2D eigenvalue weighted by Gasteiger charge is 2.20. The SMILES string of the molecule is [2H]c1nn(C([2H])([2H])C([2H])([2H])N2C([2H])([2H])CN(c3ccc(OC([2H])([2H])COC([2H])([2H])[2H])cc3)CC2([2H])[2H])c2nc(N)n3nc(-c4ccco4)nc3c12. The van der Waals surface area contributed by atoms with Gasteiger partial charge in [0, 0.05) is 53.5 Å². The van der Waals surface area contributed by atoms with Gasteiger partial charge in [0.25, 0.3) is 0 Å². The summed E-state index contributed by atoms with van der Waals surface area (Å²) in [6.07, 6.45) is 0.806. The molecule has 1 aliphatic heterocycles. The second kappa shape index (κ2) is 10.1. The van der Waals surface area contributed by atoms with Crippen LogP contribution in [0.4, 0.5) is 11.6 Å². The Morgan fingerprint density at radius 1 is 1.16 bits per heavy atom. The number of anilines is 2. The van der Waals surface area contributed by atoms with Crippen molar-refractivity contribution < 1.29 is 33.1 Å². The lowest BCUT2D eigenvalue weighted by molar-refractivity contribution is 0.146. The highest BCUT2D eigenvalue weighted by Crippen LogP contribution is 2.24. The Morgan fingerprint density at radius 3 is 2.81 bits per heavy atom. The monoisotopic (exact) mass is 517 g/mol. The highest BCUT2D eigenvalue weighted by atomic mass is 16.5. The molecule has 12 nitrogen and oxygen atoms in total. The van der Waals surface area contributed by atoms with E-state index in [4.69, 9.17) is 34.1 Å². The first-order valence-corrected chi connectivity index (χ1v) is 10.9. The third kappa shape index (κ3) is 4.68. The van der Waals surface area contributed by atoms with Crippen LogP contribution in [-0.2, 0) is 11.2 Å². The average molecular weight is 518 g/mol. The van der Waals surface area contributed by atoms with E-state index in [9.17, 15) is 0 Å². The lowest BCUT2D eigenvalue weighted by Crippen LogP contribution is -2.47. The molecule has 0 amide bonds. The van der Waals surface area contributed by atoms with E-state index in [1.54, 1.807) is 12.1 Å². The van der Waals surface area contributed by atoms with Crippen molar-refractivity contribution in [3.63, 3.8) is 0 Å². The Balaban J connectivity index is 1.29. The zero-order valence-corrected chi connectivity index (χ0v) is 19.0. The predicted molar refractivity (Wildman–Crippen MR) is 139 cm³/mol. The maximum Gasteiger partial charge on any atom is 0.225 e. The molecule has 0 atom stereocenters. The fourth-order valence-electron chi connectivity index (χ4n) is 3.58. The number of aromatic nitrogens is 6. The third-order valence-corrected chi connectivity index (χ3v) is 5.33. The van der Waals surface area contributed by atoms with E-state index in [0.29, 0.717) is 4.68 Å². The van der Waals surface area contributed by atoms with Gasteiger partial charge in [0.2, 0.25) is 11.8 Å². The maximum absolute atomic E-state index is 8.92. The molecular weight excluding hydrogens is 474 g/mol.